The van der Waals surface area contributed by atoms with Gasteiger partial charge in [-0.2, -0.15) is 0 Å². The van der Waals surface area contributed by atoms with E-state index in [9.17, 15) is 0 Å². The van der Waals surface area contributed by atoms with Crippen molar-refractivity contribution in [2.24, 2.45) is 5.73 Å². The van der Waals surface area contributed by atoms with Gasteiger partial charge in [0.25, 0.3) is 0 Å². The number of hydrogen-bond acceptors (Lipinski definition) is 3. The fourth-order valence-electron chi connectivity index (χ4n) is 2.70. The molecule has 0 unspecified atom stereocenters. The van der Waals surface area contributed by atoms with E-state index in [2.05, 4.69) is 30.8 Å². The molecule has 0 aromatic carbocycles. The highest BCUT2D eigenvalue weighted by Gasteiger charge is 2.29. The second-order valence-corrected chi connectivity index (χ2v) is 5.96. The predicted molar refractivity (Wildman–Crippen MR) is 75.3 cm³/mol. The average Bonchev–Trinajstić information content (AvgIpc) is 2.70. The van der Waals surface area contributed by atoms with Crippen molar-refractivity contribution in [1.29, 1.82) is 0 Å². The summed E-state index contributed by atoms with van der Waals surface area (Å²) in [7, 11) is 4.29. The van der Waals surface area contributed by atoms with Gasteiger partial charge in [-0.3, -0.25) is 0 Å². The lowest BCUT2D eigenvalue weighted by Gasteiger charge is -2.29. The van der Waals surface area contributed by atoms with Gasteiger partial charge in [0.15, 0.2) is 0 Å². The zero-order valence-corrected chi connectivity index (χ0v) is 12.0. The summed E-state index contributed by atoms with van der Waals surface area (Å²) in [5.74, 6) is 0. The third kappa shape index (κ3) is 5.84. The summed E-state index contributed by atoms with van der Waals surface area (Å²) < 4.78 is 0. The van der Waals surface area contributed by atoms with Gasteiger partial charge >= 0.3 is 0 Å². The van der Waals surface area contributed by atoms with Gasteiger partial charge in [-0.15, -0.1) is 0 Å². The Morgan fingerprint density at radius 3 is 2.18 bits per heavy atom. The van der Waals surface area contributed by atoms with Crippen LogP contribution < -0.4 is 5.73 Å². The summed E-state index contributed by atoms with van der Waals surface area (Å²) in [4.78, 5) is 4.84. The largest absolute Gasteiger partial charge is 0.325 e. The molecule has 0 amide bonds. The lowest BCUT2D eigenvalue weighted by molar-refractivity contribution is 0.217. The quantitative estimate of drug-likeness (QED) is 0.705. The Labute approximate surface area is 107 Å². The van der Waals surface area contributed by atoms with Crippen molar-refractivity contribution >= 4 is 0 Å². The third-order valence-corrected chi connectivity index (χ3v) is 3.93. The third-order valence-electron chi connectivity index (χ3n) is 3.93. The fraction of sp³-hybridized carbons (Fsp3) is 1.00. The maximum Gasteiger partial charge on any atom is 0.0166 e. The van der Waals surface area contributed by atoms with Gasteiger partial charge < -0.3 is 15.5 Å². The molecule has 1 saturated carbocycles. The number of nitrogens with two attached hydrogens (primary N) is 1. The summed E-state index contributed by atoms with van der Waals surface area (Å²) in [6.07, 6.45) is 7.57. The van der Waals surface area contributed by atoms with Gasteiger partial charge in [-0.1, -0.05) is 19.8 Å². The zero-order chi connectivity index (χ0) is 12.7. The maximum atomic E-state index is 6.42. The van der Waals surface area contributed by atoms with E-state index in [1.54, 1.807) is 0 Å². The maximum absolute atomic E-state index is 6.42. The highest BCUT2D eigenvalue weighted by Crippen LogP contribution is 2.30. The number of nitrogens with zero attached hydrogens (tertiary/aromatic N) is 2. The molecule has 0 atom stereocenters. The molecule has 3 nitrogen and oxygen atoms in total. The predicted octanol–water partition coefficient (Wildman–Crippen LogP) is 1.92. The monoisotopic (exact) mass is 241 g/mol. The van der Waals surface area contributed by atoms with E-state index >= 15 is 0 Å². The summed E-state index contributed by atoms with van der Waals surface area (Å²) in [6, 6.07) is 0. The van der Waals surface area contributed by atoms with Crippen LogP contribution in [0.5, 0.6) is 0 Å². The summed E-state index contributed by atoms with van der Waals surface area (Å²) in [5.41, 5.74) is 6.58. The molecule has 3 heteroatoms. The molecule has 1 rings (SSSR count). The van der Waals surface area contributed by atoms with Crippen molar-refractivity contribution in [2.75, 3.05) is 40.3 Å². The molecule has 0 saturated heterocycles. The van der Waals surface area contributed by atoms with Crippen molar-refractivity contribution in [3.8, 4) is 0 Å². The Morgan fingerprint density at radius 2 is 1.65 bits per heavy atom. The molecule has 1 fully saturated rings. The molecular formula is C14H31N3. The molecule has 1 aliphatic carbocycles. The number of hydrogen-bond donors (Lipinski definition) is 1. The van der Waals surface area contributed by atoms with Crippen LogP contribution in [0, 0.1) is 0 Å². The van der Waals surface area contributed by atoms with E-state index in [-0.39, 0.29) is 5.54 Å². The second-order valence-electron chi connectivity index (χ2n) is 5.96. The van der Waals surface area contributed by atoms with E-state index in [1.165, 1.54) is 58.2 Å². The van der Waals surface area contributed by atoms with E-state index in [4.69, 9.17) is 5.73 Å². The minimum Gasteiger partial charge on any atom is -0.325 e. The second kappa shape index (κ2) is 7.34. The first kappa shape index (κ1) is 14.9. The molecule has 1 aliphatic rings. The molecule has 2 N–H and O–H groups in total. The number of likely N-dealkylation sites (N-methyl/N-ethyl adjacent to an activating group) is 1. The van der Waals surface area contributed by atoms with Crippen molar-refractivity contribution < 1.29 is 0 Å². The first-order valence-electron chi connectivity index (χ1n) is 7.22. The SMILES string of the molecule is CCCN(CCN(C)C)CCC1(N)CCCC1. The van der Waals surface area contributed by atoms with Crippen LogP contribution in [0.2, 0.25) is 0 Å². The Hall–Kier alpha value is -0.120. The molecular weight excluding hydrogens is 210 g/mol. The van der Waals surface area contributed by atoms with Crippen molar-refractivity contribution in [1.82, 2.24) is 9.80 Å². The molecule has 17 heavy (non-hydrogen) atoms. The molecule has 0 aromatic rings. The summed E-state index contributed by atoms with van der Waals surface area (Å²) in [6.45, 7) is 6.98. The van der Waals surface area contributed by atoms with Crippen LogP contribution in [-0.2, 0) is 0 Å². The van der Waals surface area contributed by atoms with Gasteiger partial charge in [-0.05, 0) is 52.9 Å². The van der Waals surface area contributed by atoms with Gasteiger partial charge in [0.1, 0.15) is 0 Å². The molecule has 0 spiro atoms. The van der Waals surface area contributed by atoms with Crippen LogP contribution in [0.25, 0.3) is 0 Å². The molecule has 0 heterocycles. The lowest BCUT2D eigenvalue weighted by Crippen LogP contribution is -2.42. The van der Waals surface area contributed by atoms with Crippen LogP contribution in [0.3, 0.4) is 0 Å². The first-order chi connectivity index (χ1) is 8.06. The van der Waals surface area contributed by atoms with Gasteiger partial charge in [0.05, 0.1) is 0 Å². The average molecular weight is 241 g/mol. The minimum atomic E-state index is 0.157. The molecule has 0 aromatic heterocycles. The van der Waals surface area contributed by atoms with Crippen LogP contribution in [-0.4, -0.2) is 55.6 Å². The van der Waals surface area contributed by atoms with Gasteiger partial charge in [0, 0.05) is 18.6 Å². The van der Waals surface area contributed by atoms with E-state index in [1.807, 2.05) is 0 Å². The minimum absolute atomic E-state index is 0.157. The van der Waals surface area contributed by atoms with Gasteiger partial charge in [-0.25, -0.2) is 0 Å². The Morgan fingerprint density at radius 1 is 1.00 bits per heavy atom. The standard InChI is InChI=1S/C14H31N3/c1-4-10-17(13-12-16(2)3)11-9-14(15)7-5-6-8-14/h4-13,15H2,1-3H3. The van der Waals surface area contributed by atoms with E-state index in [0.29, 0.717) is 0 Å². The van der Waals surface area contributed by atoms with Crippen molar-refractivity contribution in [3.05, 3.63) is 0 Å². The van der Waals surface area contributed by atoms with Crippen LogP contribution in [0.1, 0.15) is 45.4 Å². The Balaban J connectivity index is 2.27. The molecule has 0 aliphatic heterocycles. The van der Waals surface area contributed by atoms with Crippen LogP contribution in [0.15, 0.2) is 0 Å². The van der Waals surface area contributed by atoms with Crippen LogP contribution in [0.4, 0.5) is 0 Å². The van der Waals surface area contributed by atoms with Crippen molar-refractivity contribution in [2.45, 2.75) is 51.0 Å². The Kier molecular flexibility index (Phi) is 6.45. The van der Waals surface area contributed by atoms with E-state index < -0.39 is 0 Å². The topological polar surface area (TPSA) is 32.5 Å². The first-order valence-corrected chi connectivity index (χ1v) is 7.22. The zero-order valence-electron chi connectivity index (χ0n) is 12.0. The van der Waals surface area contributed by atoms with E-state index in [0.717, 1.165) is 6.54 Å². The fourth-order valence-corrected chi connectivity index (χ4v) is 2.70. The lowest BCUT2D eigenvalue weighted by atomic mass is 9.94. The molecule has 0 bridgehead atoms. The molecule has 102 valence electrons. The smallest absolute Gasteiger partial charge is 0.0166 e. The normalized spacial score (nSPS) is 19.4. The number of rotatable bonds is 8. The van der Waals surface area contributed by atoms with Crippen molar-refractivity contribution in [3.63, 3.8) is 0 Å². The van der Waals surface area contributed by atoms with Crippen LogP contribution >= 0.6 is 0 Å². The summed E-state index contributed by atoms with van der Waals surface area (Å²) in [5, 5.41) is 0. The highest BCUT2D eigenvalue weighted by atomic mass is 15.2. The molecule has 0 radical (unpaired) electrons. The highest BCUT2D eigenvalue weighted by molar-refractivity contribution is 4.89. The van der Waals surface area contributed by atoms with Gasteiger partial charge in [0.2, 0.25) is 0 Å². The summed E-state index contributed by atoms with van der Waals surface area (Å²) >= 11 is 0. The Bertz CT molecular complexity index is 198.